The first kappa shape index (κ1) is 13.2. The van der Waals surface area contributed by atoms with Crippen LogP contribution in [0.2, 0.25) is 0 Å². The SMILES string of the molecule is CN(C)CCSc1nc(-c2ccccc2)cn1C. The molecule has 1 aromatic heterocycles. The molecule has 0 amide bonds. The minimum Gasteiger partial charge on any atom is -0.328 e. The molecule has 96 valence electrons. The molecule has 0 radical (unpaired) electrons. The maximum Gasteiger partial charge on any atom is 0.168 e. The van der Waals surface area contributed by atoms with Crippen LogP contribution in [0, 0.1) is 0 Å². The summed E-state index contributed by atoms with van der Waals surface area (Å²) in [4.78, 5) is 6.87. The zero-order valence-electron chi connectivity index (χ0n) is 11.1. The number of thioether (sulfide) groups is 1. The fraction of sp³-hybridized carbons (Fsp3) is 0.357. The lowest BCUT2D eigenvalue weighted by Crippen LogP contribution is -2.15. The molecule has 0 saturated carbocycles. The van der Waals surface area contributed by atoms with Crippen LogP contribution in [0.5, 0.6) is 0 Å². The van der Waals surface area contributed by atoms with Crippen molar-refractivity contribution in [1.29, 1.82) is 0 Å². The average molecular weight is 261 g/mol. The predicted octanol–water partition coefficient (Wildman–Crippen LogP) is 2.74. The van der Waals surface area contributed by atoms with Gasteiger partial charge in [-0.05, 0) is 14.1 Å². The highest BCUT2D eigenvalue weighted by Crippen LogP contribution is 2.23. The fourth-order valence-corrected chi connectivity index (χ4v) is 2.71. The third-order valence-electron chi connectivity index (χ3n) is 2.67. The van der Waals surface area contributed by atoms with Crippen molar-refractivity contribution in [3.63, 3.8) is 0 Å². The van der Waals surface area contributed by atoms with Gasteiger partial charge in [-0.2, -0.15) is 0 Å². The Bertz CT molecular complexity index is 491. The highest BCUT2D eigenvalue weighted by atomic mass is 32.2. The maximum absolute atomic E-state index is 4.68. The predicted molar refractivity (Wildman–Crippen MR) is 77.9 cm³/mol. The highest BCUT2D eigenvalue weighted by molar-refractivity contribution is 7.99. The van der Waals surface area contributed by atoms with Crippen molar-refractivity contribution in [2.75, 3.05) is 26.4 Å². The van der Waals surface area contributed by atoms with Crippen LogP contribution in [0.1, 0.15) is 0 Å². The van der Waals surface area contributed by atoms with E-state index in [1.54, 1.807) is 11.8 Å². The van der Waals surface area contributed by atoms with Crippen LogP contribution in [0.15, 0.2) is 41.7 Å². The standard InChI is InChI=1S/C14H19N3S/c1-16(2)9-10-18-14-15-13(11-17(14)3)12-7-5-4-6-8-12/h4-8,11H,9-10H2,1-3H3. The van der Waals surface area contributed by atoms with Gasteiger partial charge >= 0.3 is 0 Å². The van der Waals surface area contributed by atoms with Crippen molar-refractivity contribution < 1.29 is 0 Å². The van der Waals surface area contributed by atoms with E-state index in [4.69, 9.17) is 0 Å². The van der Waals surface area contributed by atoms with Crippen molar-refractivity contribution in [1.82, 2.24) is 14.5 Å². The zero-order chi connectivity index (χ0) is 13.0. The van der Waals surface area contributed by atoms with Crippen LogP contribution in [0.3, 0.4) is 0 Å². The third kappa shape index (κ3) is 3.37. The van der Waals surface area contributed by atoms with E-state index in [1.165, 1.54) is 5.56 Å². The average Bonchev–Trinajstić information content (AvgIpc) is 2.72. The molecule has 0 saturated heterocycles. The van der Waals surface area contributed by atoms with Gasteiger partial charge in [-0.15, -0.1) is 0 Å². The largest absolute Gasteiger partial charge is 0.328 e. The molecule has 0 spiro atoms. The van der Waals surface area contributed by atoms with Crippen LogP contribution >= 0.6 is 11.8 Å². The van der Waals surface area contributed by atoms with Crippen LogP contribution in [-0.2, 0) is 7.05 Å². The number of imidazole rings is 1. The molecular weight excluding hydrogens is 242 g/mol. The zero-order valence-corrected chi connectivity index (χ0v) is 11.9. The van der Waals surface area contributed by atoms with Gasteiger partial charge in [-0.1, -0.05) is 42.1 Å². The number of hydrogen-bond donors (Lipinski definition) is 0. The Kier molecular flexibility index (Phi) is 4.44. The smallest absolute Gasteiger partial charge is 0.168 e. The summed E-state index contributed by atoms with van der Waals surface area (Å²) in [6, 6.07) is 10.3. The molecule has 0 N–H and O–H groups in total. The van der Waals surface area contributed by atoms with Gasteiger partial charge < -0.3 is 9.47 Å². The molecule has 4 heteroatoms. The Labute approximate surface area is 113 Å². The third-order valence-corrected chi connectivity index (χ3v) is 3.70. The van der Waals surface area contributed by atoms with Crippen LogP contribution in [-0.4, -0.2) is 40.8 Å². The second-order valence-electron chi connectivity index (χ2n) is 4.54. The summed E-state index contributed by atoms with van der Waals surface area (Å²) in [5.41, 5.74) is 2.22. The van der Waals surface area contributed by atoms with Gasteiger partial charge in [0.1, 0.15) is 0 Å². The normalized spacial score (nSPS) is 11.1. The molecule has 1 aromatic carbocycles. The second kappa shape index (κ2) is 6.07. The highest BCUT2D eigenvalue weighted by Gasteiger charge is 2.07. The minimum atomic E-state index is 1.05. The molecule has 1 heterocycles. The number of rotatable bonds is 5. The van der Waals surface area contributed by atoms with Crippen LogP contribution in [0.4, 0.5) is 0 Å². The monoisotopic (exact) mass is 261 g/mol. The summed E-state index contributed by atoms with van der Waals surface area (Å²) in [5, 5.41) is 1.08. The molecule has 2 aromatic rings. The molecule has 0 bridgehead atoms. The summed E-state index contributed by atoms with van der Waals surface area (Å²) in [5.74, 6) is 1.06. The molecule has 0 aliphatic heterocycles. The summed E-state index contributed by atoms with van der Waals surface area (Å²) in [6.45, 7) is 1.07. The van der Waals surface area contributed by atoms with Gasteiger partial charge in [0.2, 0.25) is 0 Å². The summed E-state index contributed by atoms with van der Waals surface area (Å²) in [7, 11) is 6.24. The molecule has 2 rings (SSSR count). The van der Waals surface area contributed by atoms with Gasteiger partial charge in [0.05, 0.1) is 5.69 Å². The Morgan fingerprint density at radius 3 is 2.61 bits per heavy atom. The molecule has 3 nitrogen and oxygen atoms in total. The lowest BCUT2D eigenvalue weighted by atomic mass is 10.2. The fourth-order valence-electron chi connectivity index (χ4n) is 1.65. The van der Waals surface area contributed by atoms with E-state index in [0.29, 0.717) is 0 Å². The molecule has 0 aliphatic carbocycles. The van der Waals surface area contributed by atoms with E-state index in [1.807, 2.05) is 18.2 Å². The van der Waals surface area contributed by atoms with Gasteiger partial charge in [-0.25, -0.2) is 4.98 Å². The van der Waals surface area contributed by atoms with Crippen LogP contribution in [0.25, 0.3) is 11.3 Å². The number of hydrogen-bond acceptors (Lipinski definition) is 3. The first-order valence-electron chi connectivity index (χ1n) is 6.03. The molecular formula is C14H19N3S. The van der Waals surface area contributed by atoms with Crippen molar-refractivity contribution >= 4 is 11.8 Å². The number of aromatic nitrogens is 2. The lowest BCUT2D eigenvalue weighted by molar-refractivity contribution is 0.437. The summed E-state index contributed by atoms with van der Waals surface area (Å²) in [6.07, 6.45) is 2.09. The summed E-state index contributed by atoms with van der Waals surface area (Å²) < 4.78 is 2.10. The van der Waals surface area contributed by atoms with Crippen molar-refractivity contribution in [2.45, 2.75) is 5.16 Å². The Morgan fingerprint density at radius 1 is 1.22 bits per heavy atom. The van der Waals surface area contributed by atoms with Gasteiger partial charge in [0, 0.05) is 31.1 Å². The quantitative estimate of drug-likeness (QED) is 0.772. The molecule has 18 heavy (non-hydrogen) atoms. The Hall–Kier alpha value is -1.26. The summed E-state index contributed by atoms with van der Waals surface area (Å²) >= 11 is 1.80. The number of nitrogens with zero attached hydrogens (tertiary/aromatic N) is 3. The molecule has 0 unspecified atom stereocenters. The number of benzene rings is 1. The first-order valence-corrected chi connectivity index (χ1v) is 7.01. The van der Waals surface area contributed by atoms with Gasteiger partial charge in [0.15, 0.2) is 5.16 Å². The van der Waals surface area contributed by atoms with Crippen molar-refractivity contribution in [2.24, 2.45) is 7.05 Å². The van der Waals surface area contributed by atoms with E-state index in [0.717, 1.165) is 23.1 Å². The van der Waals surface area contributed by atoms with E-state index in [9.17, 15) is 0 Å². The minimum absolute atomic E-state index is 1.05. The lowest BCUT2D eigenvalue weighted by Gasteiger charge is -2.07. The molecule has 0 atom stereocenters. The van der Waals surface area contributed by atoms with E-state index >= 15 is 0 Å². The van der Waals surface area contributed by atoms with E-state index in [2.05, 4.69) is 53.9 Å². The van der Waals surface area contributed by atoms with Gasteiger partial charge in [-0.3, -0.25) is 0 Å². The molecule has 0 aliphatic rings. The second-order valence-corrected chi connectivity index (χ2v) is 5.60. The van der Waals surface area contributed by atoms with E-state index in [-0.39, 0.29) is 0 Å². The first-order chi connectivity index (χ1) is 8.66. The molecule has 0 fully saturated rings. The van der Waals surface area contributed by atoms with Gasteiger partial charge in [0.25, 0.3) is 0 Å². The van der Waals surface area contributed by atoms with Crippen molar-refractivity contribution in [3.05, 3.63) is 36.5 Å². The van der Waals surface area contributed by atoms with Crippen molar-refractivity contribution in [3.8, 4) is 11.3 Å². The van der Waals surface area contributed by atoms with E-state index < -0.39 is 0 Å². The Balaban J connectivity index is 2.08. The Morgan fingerprint density at radius 2 is 1.94 bits per heavy atom. The number of aryl methyl sites for hydroxylation is 1. The maximum atomic E-state index is 4.68. The topological polar surface area (TPSA) is 21.1 Å². The van der Waals surface area contributed by atoms with Crippen LogP contribution < -0.4 is 0 Å².